The van der Waals surface area contributed by atoms with E-state index in [-0.39, 0.29) is 18.0 Å². The molecular weight excluding hydrogens is 431 g/mol. The summed E-state index contributed by atoms with van der Waals surface area (Å²) >= 11 is 0. The highest BCUT2D eigenvalue weighted by atomic mass is 19.1. The van der Waals surface area contributed by atoms with E-state index in [4.69, 9.17) is 4.52 Å². The SMILES string of the molecule is C[C@H]1CCCCN1c1onc(-c2ccccc2)c1CN(CCN(C)C)C(=O)c1ccccc1F. The van der Waals surface area contributed by atoms with Gasteiger partial charge in [-0.2, -0.15) is 0 Å². The van der Waals surface area contributed by atoms with Crippen molar-refractivity contribution < 1.29 is 13.7 Å². The molecule has 0 N–H and O–H groups in total. The first-order valence-electron chi connectivity index (χ1n) is 11.9. The van der Waals surface area contributed by atoms with Crippen molar-refractivity contribution in [1.82, 2.24) is 15.0 Å². The van der Waals surface area contributed by atoms with E-state index in [1.807, 2.05) is 49.3 Å². The lowest BCUT2D eigenvalue weighted by Crippen LogP contribution is -2.39. The molecule has 1 saturated heterocycles. The van der Waals surface area contributed by atoms with Gasteiger partial charge in [-0.15, -0.1) is 0 Å². The fourth-order valence-electron chi connectivity index (χ4n) is 4.46. The van der Waals surface area contributed by atoms with Gasteiger partial charge in [-0.05, 0) is 52.4 Å². The Bertz CT molecular complexity index is 1100. The largest absolute Gasteiger partial charge is 0.338 e. The van der Waals surface area contributed by atoms with Crippen molar-refractivity contribution in [2.45, 2.75) is 38.8 Å². The standard InChI is InChI=1S/C27H33FN4O2/c1-20-11-9-10-16-32(20)27-23(25(29-34-27)21-12-5-4-6-13-21)19-31(18-17-30(2)3)26(33)22-14-7-8-15-24(22)28/h4-8,12-15,20H,9-11,16-19H2,1-3H3/t20-/m0/s1. The molecule has 7 heteroatoms. The number of hydrogen-bond donors (Lipinski definition) is 0. The number of halogens is 1. The van der Waals surface area contributed by atoms with E-state index < -0.39 is 5.82 Å². The zero-order valence-electron chi connectivity index (χ0n) is 20.2. The van der Waals surface area contributed by atoms with Crippen molar-refractivity contribution in [1.29, 1.82) is 0 Å². The second-order valence-electron chi connectivity index (χ2n) is 9.23. The molecule has 1 aliphatic heterocycles. The van der Waals surface area contributed by atoms with E-state index >= 15 is 0 Å². The highest BCUT2D eigenvalue weighted by Crippen LogP contribution is 2.35. The minimum absolute atomic E-state index is 0.0758. The molecule has 0 unspecified atom stereocenters. The van der Waals surface area contributed by atoms with Crippen LogP contribution < -0.4 is 4.90 Å². The van der Waals surface area contributed by atoms with Crippen LogP contribution in [-0.4, -0.2) is 60.6 Å². The van der Waals surface area contributed by atoms with Crippen molar-refractivity contribution in [2.24, 2.45) is 0 Å². The fourth-order valence-corrected chi connectivity index (χ4v) is 4.46. The Morgan fingerprint density at radius 3 is 2.53 bits per heavy atom. The summed E-state index contributed by atoms with van der Waals surface area (Å²) in [6, 6.07) is 16.4. The molecule has 0 spiro atoms. The molecule has 1 atom stereocenters. The number of likely N-dealkylation sites (N-methyl/N-ethyl adjacent to an activating group) is 1. The molecule has 1 aliphatic rings. The Kier molecular flexibility index (Phi) is 7.63. The van der Waals surface area contributed by atoms with Crippen LogP contribution in [0, 0.1) is 5.82 Å². The predicted octanol–water partition coefficient (Wildman–Crippen LogP) is 5.06. The van der Waals surface area contributed by atoms with Crippen molar-refractivity contribution in [3.8, 4) is 11.3 Å². The van der Waals surface area contributed by atoms with Crippen molar-refractivity contribution in [3.05, 3.63) is 71.5 Å². The van der Waals surface area contributed by atoms with Gasteiger partial charge < -0.3 is 19.2 Å². The summed E-state index contributed by atoms with van der Waals surface area (Å²) in [6.45, 7) is 4.47. The Morgan fingerprint density at radius 2 is 1.82 bits per heavy atom. The Hall–Kier alpha value is -3.19. The molecule has 180 valence electrons. The molecule has 3 aromatic rings. The van der Waals surface area contributed by atoms with Gasteiger partial charge in [0.1, 0.15) is 11.5 Å². The molecule has 0 saturated carbocycles. The van der Waals surface area contributed by atoms with Gasteiger partial charge in [0.25, 0.3) is 5.91 Å². The van der Waals surface area contributed by atoms with Crippen LogP contribution in [0.25, 0.3) is 11.3 Å². The van der Waals surface area contributed by atoms with Crippen LogP contribution in [0.1, 0.15) is 42.1 Å². The van der Waals surface area contributed by atoms with Gasteiger partial charge in [-0.25, -0.2) is 4.39 Å². The van der Waals surface area contributed by atoms with Gasteiger partial charge >= 0.3 is 0 Å². The molecule has 4 rings (SSSR count). The molecule has 6 nitrogen and oxygen atoms in total. The maximum absolute atomic E-state index is 14.5. The van der Waals surface area contributed by atoms with Crippen molar-refractivity contribution in [2.75, 3.05) is 38.6 Å². The number of anilines is 1. The third-order valence-electron chi connectivity index (χ3n) is 6.44. The fraction of sp³-hybridized carbons (Fsp3) is 0.407. The lowest BCUT2D eigenvalue weighted by atomic mass is 10.0. The monoisotopic (exact) mass is 464 g/mol. The summed E-state index contributed by atoms with van der Waals surface area (Å²) in [5, 5.41) is 4.45. The smallest absolute Gasteiger partial charge is 0.257 e. The first-order valence-corrected chi connectivity index (χ1v) is 11.9. The first-order chi connectivity index (χ1) is 16.5. The second-order valence-corrected chi connectivity index (χ2v) is 9.23. The average Bonchev–Trinajstić information content (AvgIpc) is 3.25. The number of nitrogens with zero attached hydrogens (tertiary/aromatic N) is 4. The average molecular weight is 465 g/mol. The number of benzene rings is 2. The second kappa shape index (κ2) is 10.8. The van der Waals surface area contributed by atoms with Crippen LogP contribution in [0.3, 0.4) is 0 Å². The number of amides is 1. The molecule has 2 heterocycles. The van der Waals surface area contributed by atoms with E-state index in [1.165, 1.54) is 12.5 Å². The van der Waals surface area contributed by atoms with Gasteiger partial charge in [-0.3, -0.25) is 4.79 Å². The van der Waals surface area contributed by atoms with Gasteiger partial charge in [-0.1, -0.05) is 47.6 Å². The predicted molar refractivity (Wildman–Crippen MR) is 132 cm³/mol. The summed E-state index contributed by atoms with van der Waals surface area (Å²) in [5.41, 5.74) is 2.60. The zero-order valence-corrected chi connectivity index (χ0v) is 20.2. The molecule has 34 heavy (non-hydrogen) atoms. The number of carbonyl (C=O) groups excluding carboxylic acids is 1. The zero-order chi connectivity index (χ0) is 24.1. The van der Waals surface area contributed by atoms with Crippen LogP contribution in [-0.2, 0) is 6.54 Å². The maximum Gasteiger partial charge on any atom is 0.257 e. The molecule has 0 aliphatic carbocycles. The van der Waals surface area contributed by atoms with Crippen LogP contribution in [0.5, 0.6) is 0 Å². The minimum atomic E-state index is -0.513. The van der Waals surface area contributed by atoms with Crippen LogP contribution in [0.2, 0.25) is 0 Å². The van der Waals surface area contributed by atoms with Gasteiger partial charge in [0, 0.05) is 31.2 Å². The van der Waals surface area contributed by atoms with Gasteiger partial charge in [0.05, 0.1) is 17.7 Å². The topological polar surface area (TPSA) is 52.8 Å². The van der Waals surface area contributed by atoms with E-state index in [2.05, 4.69) is 17.0 Å². The van der Waals surface area contributed by atoms with E-state index in [9.17, 15) is 9.18 Å². The minimum Gasteiger partial charge on any atom is -0.338 e. The Labute approximate surface area is 200 Å². The molecule has 1 amide bonds. The maximum atomic E-state index is 14.5. The highest BCUT2D eigenvalue weighted by Gasteiger charge is 2.30. The normalized spacial score (nSPS) is 16.1. The highest BCUT2D eigenvalue weighted by molar-refractivity contribution is 5.94. The van der Waals surface area contributed by atoms with E-state index in [0.717, 1.165) is 36.2 Å². The molecule has 2 aromatic carbocycles. The lowest BCUT2D eigenvalue weighted by molar-refractivity contribution is 0.0727. The number of rotatable bonds is 8. The van der Waals surface area contributed by atoms with Crippen molar-refractivity contribution >= 4 is 11.8 Å². The van der Waals surface area contributed by atoms with Gasteiger partial charge in [0.15, 0.2) is 0 Å². The third-order valence-corrected chi connectivity index (χ3v) is 6.44. The molecule has 1 fully saturated rings. The quantitative estimate of drug-likeness (QED) is 0.466. The summed E-state index contributed by atoms with van der Waals surface area (Å²) < 4.78 is 20.5. The van der Waals surface area contributed by atoms with Crippen LogP contribution in [0.15, 0.2) is 59.1 Å². The lowest BCUT2D eigenvalue weighted by Gasteiger charge is -2.34. The van der Waals surface area contributed by atoms with Crippen LogP contribution >= 0.6 is 0 Å². The van der Waals surface area contributed by atoms with E-state index in [1.54, 1.807) is 23.1 Å². The summed E-state index contributed by atoms with van der Waals surface area (Å²) in [7, 11) is 3.92. The number of piperidine rings is 1. The summed E-state index contributed by atoms with van der Waals surface area (Å²) in [6.07, 6.45) is 3.36. The number of aromatic nitrogens is 1. The molecule has 0 bridgehead atoms. The molecule has 1 aromatic heterocycles. The van der Waals surface area contributed by atoms with E-state index in [0.29, 0.717) is 25.0 Å². The third kappa shape index (κ3) is 5.30. The first kappa shape index (κ1) is 24.0. The van der Waals surface area contributed by atoms with Crippen LogP contribution in [0.4, 0.5) is 10.3 Å². The number of carbonyl (C=O) groups is 1. The molecular formula is C27H33FN4O2. The molecule has 0 radical (unpaired) electrons. The Morgan fingerprint density at radius 1 is 1.09 bits per heavy atom. The summed E-state index contributed by atoms with van der Waals surface area (Å²) in [4.78, 5) is 19.5. The van der Waals surface area contributed by atoms with Crippen molar-refractivity contribution in [3.63, 3.8) is 0 Å². The van der Waals surface area contributed by atoms with Gasteiger partial charge in [0.2, 0.25) is 5.88 Å². The summed E-state index contributed by atoms with van der Waals surface area (Å²) in [5.74, 6) is -0.138. The Balaban J connectivity index is 1.75. The number of hydrogen-bond acceptors (Lipinski definition) is 5.